The largest absolute Gasteiger partial charge is 0.448 e. The minimum atomic E-state index is -0.521. The van der Waals surface area contributed by atoms with Crippen molar-refractivity contribution in [2.45, 2.75) is 26.7 Å². The summed E-state index contributed by atoms with van der Waals surface area (Å²) < 4.78 is 10.1. The van der Waals surface area contributed by atoms with Crippen LogP contribution in [0, 0.1) is 37.5 Å². The van der Waals surface area contributed by atoms with E-state index in [9.17, 15) is 9.59 Å². The van der Waals surface area contributed by atoms with Crippen LogP contribution < -0.4 is 10.6 Å². The second-order valence-electron chi connectivity index (χ2n) is 6.36. The fourth-order valence-electron chi connectivity index (χ4n) is 2.18. The molecule has 0 saturated heterocycles. The van der Waals surface area contributed by atoms with E-state index in [1.54, 1.807) is 0 Å². The molecule has 2 aromatic carbocycles. The number of aryl methyl sites for hydroxylation is 2. The Morgan fingerprint density at radius 3 is 1.43 bits per heavy atom. The van der Waals surface area contributed by atoms with Crippen molar-refractivity contribution < 1.29 is 19.1 Å². The summed E-state index contributed by atoms with van der Waals surface area (Å²) in [7, 11) is 0. The summed E-state index contributed by atoms with van der Waals surface area (Å²) in [5, 5.41) is 5.27. The van der Waals surface area contributed by atoms with Crippen molar-refractivity contribution in [2.24, 2.45) is 0 Å². The highest BCUT2D eigenvalue weighted by Crippen LogP contribution is 2.09. The van der Waals surface area contributed by atoms with Gasteiger partial charge >= 0.3 is 12.2 Å². The van der Waals surface area contributed by atoms with Gasteiger partial charge in [0.25, 0.3) is 0 Å². The molecule has 6 heteroatoms. The van der Waals surface area contributed by atoms with Crippen LogP contribution in [-0.2, 0) is 9.47 Å². The van der Waals surface area contributed by atoms with E-state index >= 15 is 0 Å². The zero-order valence-corrected chi connectivity index (χ0v) is 17.1. The van der Waals surface area contributed by atoms with Crippen molar-refractivity contribution in [3.05, 3.63) is 59.7 Å². The molecule has 0 aromatic heterocycles. The fraction of sp³-hybridized carbons (Fsp3) is 0.250. The Labute approximate surface area is 177 Å². The van der Waals surface area contributed by atoms with Crippen LogP contribution in [0.4, 0.5) is 21.0 Å². The van der Waals surface area contributed by atoms with Gasteiger partial charge in [0.15, 0.2) is 0 Å². The number of hydrogen-bond acceptors (Lipinski definition) is 4. The van der Waals surface area contributed by atoms with Crippen LogP contribution >= 0.6 is 0 Å². The van der Waals surface area contributed by atoms with E-state index in [2.05, 4.69) is 34.3 Å². The third-order valence-corrected chi connectivity index (χ3v) is 3.76. The highest BCUT2D eigenvalue weighted by molar-refractivity contribution is 5.85. The molecule has 6 nitrogen and oxygen atoms in total. The number of nitrogens with one attached hydrogen (secondary N) is 2. The highest BCUT2D eigenvalue weighted by Gasteiger charge is 2.02. The first-order chi connectivity index (χ1) is 14.5. The quantitative estimate of drug-likeness (QED) is 0.531. The van der Waals surface area contributed by atoms with Crippen LogP contribution in [0.3, 0.4) is 0 Å². The molecule has 2 amide bonds. The van der Waals surface area contributed by atoms with Crippen molar-refractivity contribution >= 4 is 23.6 Å². The number of benzene rings is 2. The second kappa shape index (κ2) is 12.5. The molecule has 0 spiro atoms. The molecule has 0 fully saturated rings. The van der Waals surface area contributed by atoms with Crippen molar-refractivity contribution in [1.82, 2.24) is 0 Å². The molecule has 0 saturated carbocycles. The zero-order chi connectivity index (χ0) is 21.6. The Kier molecular flexibility index (Phi) is 9.36. The Morgan fingerprint density at radius 1 is 0.700 bits per heavy atom. The van der Waals surface area contributed by atoms with Gasteiger partial charge in [-0.2, -0.15) is 0 Å². The number of amides is 2. The maximum atomic E-state index is 11.6. The molecule has 0 heterocycles. The lowest BCUT2D eigenvalue weighted by molar-refractivity contribution is 0.163. The lowest BCUT2D eigenvalue weighted by atomic mass is 10.2. The Balaban J connectivity index is 1.53. The minimum Gasteiger partial charge on any atom is -0.448 e. The number of rotatable bonds is 6. The highest BCUT2D eigenvalue weighted by atomic mass is 16.6. The normalized spacial score (nSPS) is 9.27. The smallest absolute Gasteiger partial charge is 0.411 e. The molecule has 0 atom stereocenters. The topological polar surface area (TPSA) is 76.7 Å². The van der Waals surface area contributed by atoms with Crippen LogP contribution in [0.2, 0.25) is 0 Å². The number of carbonyl (C=O) groups is 2. The molecule has 0 bridgehead atoms. The van der Waals surface area contributed by atoms with E-state index in [1.165, 1.54) is 0 Å². The van der Waals surface area contributed by atoms with E-state index in [0.29, 0.717) is 24.2 Å². The average molecular weight is 404 g/mol. The van der Waals surface area contributed by atoms with Crippen LogP contribution in [0.5, 0.6) is 0 Å². The van der Waals surface area contributed by atoms with E-state index in [-0.39, 0.29) is 13.2 Å². The third-order valence-electron chi connectivity index (χ3n) is 3.76. The summed E-state index contributed by atoms with van der Waals surface area (Å²) >= 11 is 0. The second-order valence-corrected chi connectivity index (χ2v) is 6.36. The van der Waals surface area contributed by atoms with Crippen LogP contribution in [0.15, 0.2) is 48.5 Å². The summed E-state index contributed by atoms with van der Waals surface area (Å²) in [5.41, 5.74) is 3.58. The van der Waals surface area contributed by atoms with Gasteiger partial charge in [0, 0.05) is 24.2 Å². The predicted octanol–water partition coefficient (Wildman–Crippen LogP) is 4.89. The first-order valence-corrected chi connectivity index (χ1v) is 9.49. The predicted molar refractivity (Wildman–Crippen MR) is 117 cm³/mol. The fourth-order valence-corrected chi connectivity index (χ4v) is 2.18. The monoisotopic (exact) mass is 404 g/mol. The number of hydrogen-bond donors (Lipinski definition) is 2. The molecule has 2 aromatic rings. The summed E-state index contributed by atoms with van der Waals surface area (Å²) in [4.78, 5) is 23.3. The number of anilines is 2. The molecule has 2 rings (SSSR count). The molecule has 154 valence electrons. The van der Waals surface area contributed by atoms with Gasteiger partial charge in [0.05, 0.1) is 0 Å². The van der Waals surface area contributed by atoms with Crippen LogP contribution in [0.1, 0.15) is 24.0 Å². The summed E-state index contributed by atoms with van der Waals surface area (Å²) in [5.74, 6) is 10.9. The molecule has 0 aliphatic heterocycles. The first kappa shape index (κ1) is 22.4. The Bertz CT molecular complexity index is 877. The Hall–Kier alpha value is -3.90. The van der Waals surface area contributed by atoms with Crippen molar-refractivity contribution in [2.75, 3.05) is 23.8 Å². The van der Waals surface area contributed by atoms with Gasteiger partial charge in [0.2, 0.25) is 0 Å². The molecule has 2 N–H and O–H groups in total. The van der Waals surface area contributed by atoms with Crippen molar-refractivity contribution in [1.29, 1.82) is 0 Å². The van der Waals surface area contributed by atoms with Gasteiger partial charge in [-0.25, -0.2) is 9.59 Å². The van der Waals surface area contributed by atoms with Gasteiger partial charge in [-0.05, 0) is 50.0 Å². The van der Waals surface area contributed by atoms with Gasteiger partial charge in [-0.3, -0.25) is 10.6 Å². The van der Waals surface area contributed by atoms with Gasteiger partial charge in [-0.1, -0.05) is 47.2 Å². The van der Waals surface area contributed by atoms with Gasteiger partial charge in [0.1, 0.15) is 13.2 Å². The molecular formula is C24H24N2O4. The van der Waals surface area contributed by atoms with E-state index < -0.39 is 12.2 Å². The average Bonchev–Trinajstić information content (AvgIpc) is 2.73. The third kappa shape index (κ3) is 9.34. The van der Waals surface area contributed by atoms with Gasteiger partial charge in [-0.15, -0.1) is 0 Å². The molecule has 30 heavy (non-hydrogen) atoms. The summed E-state index contributed by atoms with van der Waals surface area (Å²) in [6.07, 6.45) is -0.280. The van der Waals surface area contributed by atoms with Crippen LogP contribution in [0.25, 0.3) is 0 Å². The summed E-state index contributed by atoms with van der Waals surface area (Å²) in [6.45, 7) is 4.30. The lowest BCUT2D eigenvalue weighted by Crippen LogP contribution is -2.14. The number of ether oxygens (including phenoxy) is 2. The standard InChI is InChI=1S/C24H24N2O4/c1-19-9-13-21(14-10-19)25-23(27)29-17-7-5-3-4-6-8-18-30-24(28)26-22-15-11-20(2)12-16-22/h9-16H,7-8,17-18H2,1-2H3,(H,25,27)(H,26,28). The maximum Gasteiger partial charge on any atom is 0.411 e. The molecule has 0 unspecified atom stereocenters. The van der Waals surface area contributed by atoms with Crippen molar-refractivity contribution in [3.8, 4) is 23.7 Å². The van der Waals surface area contributed by atoms with E-state index in [0.717, 1.165) is 11.1 Å². The Morgan fingerprint density at radius 2 is 1.07 bits per heavy atom. The zero-order valence-electron chi connectivity index (χ0n) is 17.1. The lowest BCUT2D eigenvalue weighted by Gasteiger charge is -2.05. The molecule has 0 aliphatic carbocycles. The van der Waals surface area contributed by atoms with Crippen molar-refractivity contribution in [3.63, 3.8) is 0 Å². The van der Waals surface area contributed by atoms with E-state index in [4.69, 9.17) is 9.47 Å². The first-order valence-electron chi connectivity index (χ1n) is 9.49. The molecular weight excluding hydrogens is 380 g/mol. The summed E-state index contributed by atoms with van der Waals surface area (Å²) in [6, 6.07) is 14.8. The van der Waals surface area contributed by atoms with E-state index in [1.807, 2.05) is 62.4 Å². The van der Waals surface area contributed by atoms with Crippen LogP contribution in [-0.4, -0.2) is 25.4 Å². The maximum absolute atomic E-state index is 11.6. The SMILES string of the molecule is Cc1ccc(NC(=O)OCCC#CC#CCCOC(=O)Nc2ccc(C)cc2)cc1. The van der Waals surface area contributed by atoms with Gasteiger partial charge < -0.3 is 9.47 Å². The molecule has 0 radical (unpaired) electrons. The molecule has 0 aliphatic rings. The number of carbonyl (C=O) groups excluding carboxylic acids is 2. The minimum absolute atomic E-state index is 0.175.